The molecule has 2 aromatic rings. The van der Waals surface area contributed by atoms with Crippen LogP contribution in [0.5, 0.6) is 0 Å². The van der Waals surface area contributed by atoms with Gasteiger partial charge in [-0.1, -0.05) is 0 Å². The molecule has 33 heavy (non-hydrogen) atoms. The number of nitrogens with one attached hydrogen (secondary N) is 2. The average molecular weight is 514 g/mol. The van der Waals surface area contributed by atoms with Crippen molar-refractivity contribution in [2.45, 2.75) is 27.7 Å². The fourth-order valence-corrected chi connectivity index (χ4v) is 7.72. The first-order valence-corrected chi connectivity index (χ1v) is 14.5. The predicted octanol–water partition coefficient (Wildman–Crippen LogP) is 4.85. The molecule has 0 aromatic carbocycles. The Balaban J connectivity index is 2.25. The van der Waals surface area contributed by atoms with E-state index >= 15 is 0 Å². The van der Waals surface area contributed by atoms with Gasteiger partial charge in [0.2, 0.25) is 5.88 Å². The van der Waals surface area contributed by atoms with Crippen molar-refractivity contribution < 1.29 is 29.3 Å². The molecule has 8 nitrogen and oxygen atoms in total. The molecule has 0 aliphatic carbocycles. The van der Waals surface area contributed by atoms with Crippen LogP contribution in [0.2, 0.25) is 0 Å². The van der Waals surface area contributed by atoms with Gasteiger partial charge in [-0.3, -0.25) is 9.59 Å². The van der Waals surface area contributed by atoms with E-state index in [1.54, 1.807) is 23.5 Å². The van der Waals surface area contributed by atoms with Gasteiger partial charge in [0.1, 0.15) is 23.5 Å². The number of thiophene rings is 2. The number of carbonyl (C=O) groups excluding carboxylic acids is 3. The molecule has 11 heteroatoms. The number of hydrogen-bond donors (Lipinski definition) is 4. The molecule has 0 atom stereocenters. The number of ketones is 1. The van der Waals surface area contributed by atoms with Crippen molar-refractivity contribution in [3.05, 3.63) is 43.3 Å². The summed E-state index contributed by atoms with van der Waals surface area (Å²) < 4.78 is 4.81. The van der Waals surface area contributed by atoms with Gasteiger partial charge < -0.3 is 25.6 Å². The highest BCUT2D eigenvalue weighted by Crippen LogP contribution is 2.60. The molecule has 0 unspecified atom stereocenters. The van der Waals surface area contributed by atoms with Gasteiger partial charge in [0.05, 0.1) is 42.9 Å². The highest BCUT2D eigenvalue weighted by Gasteiger charge is 2.36. The maximum absolute atomic E-state index is 13.0. The SMILES string of the molecule is CC[P+](C=C(O)Nc1c(C)csc1C(=O)OC)(CC)CC(=O)Nc1c(C)csc1C(=O)CO. The summed E-state index contributed by atoms with van der Waals surface area (Å²) in [5.41, 5.74) is 2.46. The van der Waals surface area contributed by atoms with Crippen molar-refractivity contribution in [2.24, 2.45) is 0 Å². The van der Waals surface area contributed by atoms with E-state index in [9.17, 15) is 24.6 Å². The Morgan fingerprint density at radius 2 is 1.58 bits per heavy atom. The lowest BCUT2D eigenvalue weighted by atomic mass is 10.2. The molecular formula is C22H30N2O6PS2+. The van der Waals surface area contributed by atoms with E-state index in [0.29, 0.717) is 33.5 Å². The number of amides is 1. The predicted molar refractivity (Wildman–Crippen MR) is 137 cm³/mol. The van der Waals surface area contributed by atoms with Crippen LogP contribution in [0.15, 0.2) is 22.5 Å². The summed E-state index contributed by atoms with van der Waals surface area (Å²) >= 11 is 2.41. The van der Waals surface area contributed by atoms with E-state index in [1.165, 1.54) is 29.8 Å². The molecule has 2 rings (SSSR count). The minimum absolute atomic E-state index is 0.116. The Kier molecular flexibility index (Phi) is 9.60. The van der Waals surface area contributed by atoms with E-state index in [4.69, 9.17) is 4.74 Å². The molecule has 2 aromatic heterocycles. The van der Waals surface area contributed by atoms with E-state index in [2.05, 4.69) is 10.6 Å². The minimum Gasteiger partial charge on any atom is -0.492 e. The summed E-state index contributed by atoms with van der Waals surface area (Å²) in [5.74, 6) is 0.408. The molecule has 0 fully saturated rings. The summed E-state index contributed by atoms with van der Waals surface area (Å²) in [6, 6.07) is 0. The lowest BCUT2D eigenvalue weighted by molar-refractivity contribution is -0.113. The summed E-state index contributed by atoms with van der Waals surface area (Å²) in [4.78, 5) is 37.6. The van der Waals surface area contributed by atoms with Gasteiger partial charge >= 0.3 is 5.97 Å². The number of aryl methyl sites for hydroxylation is 2. The van der Waals surface area contributed by atoms with Gasteiger partial charge in [0.25, 0.3) is 5.91 Å². The van der Waals surface area contributed by atoms with E-state index in [1.807, 2.05) is 20.8 Å². The standard InChI is InChI=1S/C22H29N2O6PS2/c1-6-31(7-2,9-16(27)23-18-13(3)11-32-20(18)15(26)8-25)10-17(28)24-19-14(4)12-33-21(19)22(29)30-5/h10-12,25H,6-9H2,1-5H3,(H2-,23,24,26,27,28,29)/p+1. The molecule has 0 bridgehead atoms. The first-order chi connectivity index (χ1) is 15.6. The number of rotatable bonds is 11. The normalized spacial score (nSPS) is 11.9. The van der Waals surface area contributed by atoms with Gasteiger partial charge in [-0.05, 0) is 49.6 Å². The lowest BCUT2D eigenvalue weighted by Crippen LogP contribution is -2.22. The number of anilines is 2. The Hall–Kier alpha value is -2.26. The number of aliphatic hydroxyl groups is 2. The third-order valence-electron chi connectivity index (χ3n) is 5.35. The summed E-state index contributed by atoms with van der Waals surface area (Å²) in [6.45, 7) is 6.94. The van der Waals surface area contributed by atoms with Crippen LogP contribution < -0.4 is 10.6 Å². The number of hydrogen-bond acceptors (Lipinski definition) is 9. The van der Waals surface area contributed by atoms with Gasteiger partial charge in [-0.2, -0.15) is 0 Å². The topological polar surface area (TPSA) is 125 Å². The zero-order valence-corrected chi connectivity index (χ0v) is 21.9. The maximum Gasteiger partial charge on any atom is 0.350 e. The molecule has 0 radical (unpaired) electrons. The molecule has 0 saturated carbocycles. The second-order valence-corrected chi connectivity index (χ2v) is 13.6. The smallest absolute Gasteiger partial charge is 0.350 e. The third kappa shape index (κ3) is 6.41. The highest BCUT2D eigenvalue weighted by molar-refractivity contribution is 7.79. The van der Waals surface area contributed by atoms with Crippen molar-refractivity contribution in [1.82, 2.24) is 0 Å². The zero-order valence-electron chi connectivity index (χ0n) is 19.4. The van der Waals surface area contributed by atoms with Crippen LogP contribution in [0.4, 0.5) is 11.4 Å². The lowest BCUT2D eigenvalue weighted by Gasteiger charge is -2.21. The number of Topliss-reactive ketones (excluding diaryl/α,β-unsaturated/α-hetero) is 1. The Morgan fingerprint density at radius 1 is 1.03 bits per heavy atom. The van der Waals surface area contributed by atoms with Crippen LogP contribution in [-0.4, -0.2) is 60.1 Å². The minimum atomic E-state index is -2.06. The number of aliphatic hydroxyl groups excluding tert-OH is 2. The largest absolute Gasteiger partial charge is 0.492 e. The Labute approximate surface area is 202 Å². The molecule has 0 aliphatic heterocycles. The molecule has 0 aliphatic rings. The van der Waals surface area contributed by atoms with E-state index in [0.717, 1.165) is 11.1 Å². The second kappa shape index (κ2) is 11.7. The van der Waals surface area contributed by atoms with Crippen LogP contribution in [0.25, 0.3) is 0 Å². The summed E-state index contributed by atoms with van der Waals surface area (Å²) in [7, 11) is -0.758. The number of ether oxygens (including phenoxy) is 1. The van der Waals surface area contributed by atoms with Crippen molar-refractivity contribution in [1.29, 1.82) is 0 Å². The van der Waals surface area contributed by atoms with Gasteiger partial charge in [0.15, 0.2) is 5.78 Å². The van der Waals surface area contributed by atoms with Crippen LogP contribution in [0.3, 0.4) is 0 Å². The molecule has 2 heterocycles. The van der Waals surface area contributed by atoms with Gasteiger partial charge in [-0.15, -0.1) is 22.7 Å². The summed E-state index contributed by atoms with van der Waals surface area (Å²) in [5, 5.41) is 29.2. The van der Waals surface area contributed by atoms with Crippen LogP contribution >= 0.6 is 29.9 Å². The van der Waals surface area contributed by atoms with Crippen LogP contribution in [-0.2, 0) is 9.53 Å². The fraction of sp³-hybridized carbons (Fsp3) is 0.409. The van der Waals surface area contributed by atoms with Crippen molar-refractivity contribution in [3.63, 3.8) is 0 Å². The molecule has 0 saturated heterocycles. The zero-order chi connectivity index (χ0) is 24.8. The fourth-order valence-electron chi connectivity index (χ4n) is 3.28. The average Bonchev–Trinajstić information content (AvgIpc) is 3.34. The van der Waals surface area contributed by atoms with Crippen LogP contribution in [0.1, 0.15) is 44.3 Å². The maximum atomic E-state index is 13.0. The van der Waals surface area contributed by atoms with Crippen molar-refractivity contribution in [2.75, 3.05) is 42.8 Å². The Bertz CT molecular complexity index is 1060. The van der Waals surface area contributed by atoms with Gasteiger partial charge in [-0.25, -0.2) is 4.79 Å². The highest BCUT2D eigenvalue weighted by atomic mass is 32.1. The van der Waals surface area contributed by atoms with E-state index < -0.39 is 25.6 Å². The van der Waals surface area contributed by atoms with Crippen molar-refractivity contribution >= 4 is 59.0 Å². The Morgan fingerprint density at radius 3 is 2.09 bits per heavy atom. The molecule has 180 valence electrons. The monoisotopic (exact) mass is 513 g/mol. The van der Waals surface area contributed by atoms with Crippen LogP contribution in [0, 0.1) is 13.8 Å². The van der Waals surface area contributed by atoms with Crippen molar-refractivity contribution in [3.8, 4) is 0 Å². The van der Waals surface area contributed by atoms with E-state index in [-0.39, 0.29) is 18.0 Å². The third-order valence-corrected chi connectivity index (χ3v) is 11.8. The molecule has 1 amide bonds. The second-order valence-electron chi connectivity index (χ2n) is 7.52. The molecule has 0 spiro atoms. The number of carbonyl (C=O) groups is 3. The van der Waals surface area contributed by atoms with Gasteiger partial charge in [0, 0.05) is 0 Å². The quantitative estimate of drug-likeness (QED) is 0.146. The molecular weight excluding hydrogens is 483 g/mol. The number of esters is 1. The molecule has 4 N–H and O–H groups in total. The summed E-state index contributed by atoms with van der Waals surface area (Å²) in [6.07, 6.45) is 1.54. The number of methoxy groups -OCH3 is 1. The first-order valence-electron chi connectivity index (χ1n) is 10.3. The first kappa shape index (κ1) is 27.0.